The number of carbonyl (C=O) groups excluding carboxylic acids is 1. The van der Waals surface area contributed by atoms with Gasteiger partial charge in [-0.3, -0.25) is 9.79 Å². The van der Waals surface area contributed by atoms with Crippen LogP contribution < -0.4 is 5.32 Å². The van der Waals surface area contributed by atoms with E-state index in [1.54, 1.807) is 18.6 Å². The van der Waals surface area contributed by atoms with E-state index in [0.717, 1.165) is 22.4 Å². The first-order valence-corrected chi connectivity index (χ1v) is 7.62. The lowest BCUT2D eigenvalue weighted by molar-refractivity contribution is 0.102. The van der Waals surface area contributed by atoms with Crippen molar-refractivity contribution in [1.82, 2.24) is 4.98 Å². The topological polar surface area (TPSA) is 91.3 Å². The summed E-state index contributed by atoms with van der Waals surface area (Å²) in [6, 6.07) is 12.6. The number of fused-ring (bicyclic) bond motifs is 1. The Hall–Kier alpha value is -3.72. The van der Waals surface area contributed by atoms with E-state index in [2.05, 4.69) is 15.3 Å². The number of nitrogens with zero attached hydrogens (tertiary/aromatic N) is 3. The van der Waals surface area contributed by atoms with Crippen molar-refractivity contribution in [2.24, 2.45) is 4.99 Å². The molecule has 1 aromatic carbocycles. The average Bonchev–Trinajstić information content (AvgIpc) is 3.30. The number of aliphatic imine (C=N–C) groups is 1. The summed E-state index contributed by atoms with van der Waals surface area (Å²) in [4.78, 5) is 20.9. The van der Waals surface area contributed by atoms with E-state index in [0.29, 0.717) is 17.8 Å². The number of pyridine rings is 1. The molecule has 0 atom stereocenters. The molecule has 0 unspecified atom stereocenters. The molecule has 6 heteroatoms. The van der Waals surface area contributed by atoms with Crippen LogP contribution in [0.5, 0.6) is 0 Å². The molecule has 1 amide bonds. The molecule has 1 aliphatic heterocycles. The van der Waals surface area contributed by atoms with Crippen molar-refractivity contribution in [1.29, 1.82) is 5.26 Å². The Morgan fingerprint density at radius 3 is 2.88 bits per heavy atom. The Kier molecular flexibility index (Phi) is 3.60. The highest BCUT2D eigenvalue weighted by molar-refractivity contribution is 6.15. The molecule has 0 saturated heterocycles. The Balaban J connectivity index is 1.58. The molecule has 6 nitrogen and oxygen atoms in total. The number of benzene rings is 1. The number of hydrogen-bond acceptors (Lipinski definition) is 5. The van der Waals surface area contributed by atoms with Crippen LogP contribution in [0.3, 0.4) is 0 Å². The molecule has 1 N–H and O–H groups in total. The zero-order chi connectivity index (χ0) is 17.2. The van der Waals surface area contributed by atoms with Crippen molar-refractivity contribution >= 4 is 17.3 Å². The summed E-state index contributed by atoms with van der Waals surface area (Å²) >= 11 is 0. The maximum absolute atomic E-state index is 12.3. The molecule has 3 aromatic rings. The molecular formula is C19H12N4O2. The van der Waals surface area contributed by atoms with Gasteiger partial charge in [0.2, 0.25) is 0 Å². The highest BCUT2D eigenvalue weighted by Gasteiger charge is 2.19. The van der Waals surface area contributed by atoms with Gasteiger partial charge in [-0.2, -0.15) is 5.26 Å². The maximum atomic E-state index is 12.3. The van der Waals surface area contributed by atoms with Crippen LogP contribution in [-0.4, -0.2) is 16.6 Å². The van der Waals surface area contributed by atoms with Gasteiger partial charge < -0.3 is 9.73 Å². The predicted octanol–water partition coefficient (Wildman–Crippen LogP) is 3.15. The molecule has 3 heterocycles. The van der Waals surface area contributed by atoms with Crippen LogP contribution >= 0.6 is 0 Å². The molecule has 0 fully saturated rings. The fraction of sp³-hybridized carbons (Fsp3) is 0.0526. The normalized spacial score (nSPS) is 12.2. The molecule has 4 rings (SSSR count). The van der Waals surface area contributed by atoms with E-state index >= 15 is 0 Å². The molecule has 1 aliphatic rings. The van der Waals surface area contributed by atoms with Crippen molar-refractivity contribution in [2.75, 3.05) is 5.32 Å². The van der Waals surface area contributed by atoms with Crippen molar-refractivity contribution < 1.29 is 9.21 Å². The average molecular weight is 328 g/mol. The Bertz CT molecular complexity index is 1010. The van der Waals surface area contributed by atoms with Crippen molar-refractivity contribution in [2.45, 2.75) is 6.54 Å². The molecule has 0 bridgehead atoms. The Morgan fingerprint density at radius 2 is 2.16 bits per heavy atom. The fourth-order valence-corrected chi connectivity index (χ4v) is 2.70. The summed E-state index contributed by atoms with van der Waals surface area (Å²) in [5.74, 6) is -0.329. The van der Waals surface area contributed by atoms with Gasteiger partial charge in [0.05, 0.1) is 30.3 Å². The maximum Gasteiger partial charge on any atom is 0.274 e. The van der Waals surface area contributed by atoms with Crippen molar-refractivity contribution in [3.63, 3.8) is 0 Å². The van der Waals surface area contributed by atoms with E-state index < -0.39 is 0 Å². The minimum Gasteiger partial charge on any atom is -0.472 e. The van der Waals surface area contributed by atoms with E-state index in [1.807, 2.05) is 30.3 Å². The molecule has 120 valence electrons. The van der Waals surface area contributed by atoms with Crippen LogP contribution in [0.2, 0.25) is 0 Å². The number of nitriles is 1. The lowest BCUT2D eigenvalue weighted by Crippen LogP contribution is -2.14. The fourth-order valence-electron chi connectivity index (χ4n) is 2.70. The minimum atomic E-state index is -0.329. The van der Waals surface area contributed by atoms with Gasteiger partial charge in [0, 0.05) is 23.0 Å². The van der Waals surface area contributed by atoms with E-state index in [9.17, 15) is 4.79 Å². The molecular weight excluding hydrogens is 316 g/mol. The molecule has 0 saturated carbocycles. The van der Waals surface area contributed by atoms with Crippen LogP contribution in [0, 0.1) is 11.3 Å². The molecule has 0 aliphatic carbocycles. The third-order valence-corrected chi connectivity index (χ3v) is 3.95. The molecule has 25 heavy (non-hydrogen) atoms. The number of hydrogen-bond donors (Lipinski definition) is 1. The van der Waals surface area contributed by atoms with Gasteiger partial charge in [0.15, 0.2) is 0 Å². The summed E-state index contributed by atoms with van der Waals surface area (Å²) in [6.45, 7) is 0.612. The second-order valence-electron chi connectivity index (χ2n) is 5.55. The molecule has 0 spiro atoms. The number of anilines is 1. The minimum absolute atomic E-state index is 0.253. The van der Waals surface area contributed by atoms with Crippen molar-refractivity contribution in [3.05, 3.63) is 83.1 Å². The second kappa shape index (κ2) is 6.06. The van der Waals surface area contributed by atoms with Gasteiger partial charge in [-0.25, -0.2) is 4.98 Å². The second-order valence-corrected chi connectivity index (χ2v) is 5.55. The number of aromatic nitrogens is 1. The largest absolute Gasteiger partial charge is 0.472 e. The third-order valence-electron chi connectivity index (χ3n) is 3.95. The number of furan rings is 1. The summed E-state index contributed by atoms with van der Waals surface area (Å²) < 4.78 is 5.13. The van der Waals surface area contributed by atoms with Crippen LogP contribution in [0.1, 0.15) is 32.7 Å². The van der Waals surface area contributed by atoms with E-state index in [4.69, 9.17) is 9.68 Å². The number of rotatable bonds is 3. The standard InChI is InChI=1S/C19H12N4O2/c20-8-12-1-4-17(21-9-12)19(24)23-15-3-2-13-10-22-18(16(13)7-15)14-5-6-25-11-14/h1-7,9,11H,10H2,(H,23,24). The SMILES string of the molecule is N#Cc1ccc(C(=O)Nc2ccc3c(c2)C(c2ccoc2)=NC3)nc1. The number of nitrogens with one attached hydrogen (secondary N) is 1. The summed E-state index contributed by atoms with van der Waals surface area (Å²) in [6.07, 6.45) is 4.64. The quantitative estimate of drug-likeness (QED) is 0.799. The number of amides is 1. The van der Waals surface area contributed by atoms with Gasteiger partial charge >= 0.3 is 0 Å². The van der Waals surface area contributed by atoms with E-state index in [1.165, 1.54) is 12.3 Å². The first kappa shape index (κ1) is 14.8. The van der Waals surface area contributed by atoms with Gasteiger partial charge in [-0.05, 0) is 35.9 Å². The zero-order valence-corrected chi connectivity index (χ0v) is 13.1. The van der Waals surface area contributed by atoms with Crippen LogP contribution in [0.15, 0.2) is 64.5 Å². The zero-order valence-electron chi connectivity index (χ0n) is 13.1. The van der Waals surface area contributed by atoms with Crippen molar-refractivity contribution in [3.8, 4) is 6.07 Å². The molecule has 2 aromatic heterocycles. The third kappa shape index (κ3) is 2.79. The summed E-state index contributed by atoms with van der Waals surface area (Å²) in [7, 11) is 0. The lowest BCUT2D eigenvalue weighted by Gasteiger charge is -2.08. The monoisotopic (exact) mass is 328 g/mol. The number of carbonyl (C=O) groups is 1. The van der Waals surface area contributed by atoms with Crippen LogP contribution in [0.4, 0.5) is 5.69 Å². The van der Waals surface area contributed by atoms with Crippen LogP contribution in [0.25, 0.3) is 0 Å². The summed E-state index contributed by atoms with van der Waals surface area (Å²) in [5, 5.41) is 11.6. The van der Waals surface area contributed by atoms with Gasteiger partial charge in [-0.15, -0.1) is 0 Å². The first-order chi connectivity index (χ1) is 12.2. The highest BCUT2D eigenvalue weighted by atomic mass is 16.3. The van der Waals surface area contributed by atoms with Crippen LogP contribution in [-0.2, 0) is 6.54 Å². The van der Waals surface area contributed by atoms with Gasteiger partial charge in [-0.1, -0.05) is 6.07 Å². The Morgan fingerprint density at radius 1 is 1.24 bits per heavy atom. The smallest absolute Gasteiger partial charge is 0.274 e. The Labute approximate surface area is 143 Å². The van der Waals surface area contributed by atoms with Gasteiger partial charge in [0.25, 0.3) is 5.91 Å². The highest BCUT2D eigenvalue weighted by Crippen LogP contribution is 2.26. The first-order valence-electron chi connectivity index (χ1n) is 7.62. The van der Waals surface area contributed by atoms with Gasteiger partial charge in [0.1, 0.15) is 11.8 Å². The lowest BCUT2D eigenvalue weighted by atomic mass is 10.0. The summed E-state index contributed by atoms with van der Waals surface area (Å²) in [5.41, 5.74) is 5.18. The predicted molar refractivity (Wildman–Crippen MR) is 91.4 cm³/mol. The molecule has 0 radical (unpaired) electrons. The van der Waals surface area contributed by atoms with E-state index in [-0.39, 0.29) is 11.6 Å².